The predicted octanol–water partition coefficient (Wildman–Crippen LogP) is 2.85. The molecule has 1 aromatic heterocycles. The van der Waals surface area contributed by atoms with Crippen LogP contribution in [0.2, 0.25) is 0 Å². The number of nitrogen functional groups attached to an aromatic ring is 1. The van der Waals surface area contributed by atoms with Crippen LogP contribution in [0.15, 0.2) is 18.2 Å². The van der Waals surface area contributed by atoms with Gasteiger partial charge in [-0.1, -0.05) is 24.6 Å². The van der Waals surface area contributed by atoms with E-state index in [1.165, 1.54) is 16.7 Å². The second-order valence-electron chi connectivity index (χ2n) is 4.51. The van der Waals surface area contributed by atoms with Crippen LogP contribution in [0.4, 0.5) is 5.82 Å². The van der Waals surface area contributed by atoms with Crippen LogP contribution in [0, 0.1) is 13.8 Å². The van der Waals surface area contributed by atoms with E-state index in [0.29, 0.717) is 0 Å². The van der Waals surface area contributed by atoms with Crippen LogP contribution in [0.1, 0.15) is 23.6 Å². The lowest BCUT2D eigenvalue weighted by Crippen LogP contribution is -1.98. The molecule has 2 aromatic rings. The Morgan fingerprint density at radius 1 is 1.29 bits per heavy atom. The summed E-state index contributed by atoms with van der Waals surface area (Å²) >= 11 is 0. The Kier molecular flexibility index (Phi) is 2.92. The fourth-order valence-corrected chi connectivity index (χ4v) is 2.14. The third-order valence-electron chi connectivity index (χ3n) is 3.20. The van der Waals surface area contributed by atoms with E-state index in [1.54, 1.807) is 4.68 Å². The minimum Gasteiger partial charge on any atom is -0.384 e. The molecule has 17 heavy (non-hydrogen) atoms. The van der Waals surface area contributed by atoms with Gasteiger partial charge in [-0.15, -0.1) is 0 Å². The number of hydrogen-bond donors (Lipinski definition) is 1. The molecule has 0 saturated carbocycles. The van der Waals surface area contributed by atoms with Crippen molar-refractivity contribution in [3.63, 3.8) is 0 Å². The number of aryl methyl sites for hydroxylation is 3. The first-order valence-corrected chi connectivity index (χ1v) is 5.93. The van der Waals surface area contributed by atoms with Gasteiger partial charge in [0.25, 0.3) is 0 Å². The van der Waals surface area contributed by atoms with Crippen LogP contribution < -0.4 is 5.73 Å². The summed E-state index contributed by atoms with van der Waals surface area (Å²) in [7, 11) is 1.89. The van der Waals surface area contributed by atoms with Gasteiger partial charge in [-0.25, -0.2) is 0 Å². The van der Waals surface area contributed by atoms with Gasteiger partial charge in [0.05, 0.1) is 5.69 Å². The average Bonchev–Trinajstić information content (AvgIpc) is 2.58. The normalized spacial score (nSPS) is 10.8. The highest BCUT2D eigenvalue weighted by Crippen LogP contribution is 2.30. The zero-order valence-corrected chi connectivity index (χ0v) is 10.9. The quantitative estimate of drug-likeness (QED) is 0.860. The lowest BCUT2D eigenvalue weighted by atomic mass is 9.99. The van der Waals surface area contributed by atoms with Crippen molar-refractivity contribution < 1.29 is 0 Å². The van der Waals surface area contributed by atoms with E-state index in [4.69, 9.17) is 5.73 Å². The van der Waals surface area contributed by atoms with Crippen LogP contribution in [-0.2, 0) is 13.5 Å². The van der Waals surface area contributed by atoms with Crippen LogP contribution in [0.5, 0.6) is 0 Å². The van der Waals surface area contributed by atoms with Crippen molar-refractivity contribution in [1.29, 1.82) is 0 Å². The Balaban J connectivity index is 2.68. The number of hydrogen-bond acceptors (Lipinski definition) is 2. The third kappa shape index (κ3) is 1.93. The number of aromatic nitrogens is 2. The summed E-state index contributed by atoms with van der Waals surface area (Å²) in [5, 5.41) is 4.54. The highest BCUT2D eigenvalue weighted by atomic mass is 15.3. The average molecular weight is 229 g/mol. The molecule has 0 spiro atoms. The van der Waals surface area contributed by atoms with Crippen LogP contribution >= 0.6 is 0 Å². The summed E-state index contributed by atoms with van der Waals surface area (Å²) in [6.07, 6.45) is 0.905. The fourth-order valence-electron chi connectivity index (χ4n) is 2.14. The lowest BCUT2D eigenvalue weighted by Gasteiger charge is -2.06. The molecule has 3 nitrogen and oxygen atoms in total. The summed E-state index contributed by atoms with van der Waals surface area (Å²) < 4.78 is 1.76. The molecule has 2 N–H and O–H groups in total. The lowest BCUT2D eigenvalue weighted by molar-refractivity contribution is 0.781. The summed E-state index contributed by atoms with van der Waals surface area (Å²) in [6, 6.07) is 6.43. The first kappa shape index (κ1) is 11.7. The minimum absolute atomic E-state index is 0.767. The molecule has 0 radical (unpaired) electrons. The van der Waals surface area contributed by atoms with Gasteiger partial charge in [0.2, 0.25) is 0 Å². The number of anilines is 1. The van der Waals surface area contributed by atoms with Crippen molar-refractivity contribution in [2.24, 2.45) is 7.05 Å². The number of nitrogens with zero attached hydrogens (tertiary/aromatic N) is 2. The molecular weight excluding hydrogens is 210 g/mol. The van der Waals surface area contributed by atoms with E-state index >= 15 is 0 Å². The van der Waals surface area contributed by atoms with Gasteiger partial charge in [0.1, 0.15) is 5.82 Å². The highest BCUT2D eigenvalue weighted by molar-refractivity contribution is 5.71. The first-order chi connectivity index (χ1) is 8.04. The number of benzene rings is 1. The first-order valence-electron chi connectivity index (χ1n) is 5.93. The second kappa shape index (κ2) is 4.24. The second-order valence-corrected chi connectivity index (χ2v) is 4.51. The zero-order chi connectivity index (χ0) is 12.6. The Bertz CT molecular complexity index is 553. The van der Waals surface area contributed by atoms with E-state index in [0.717, 1.165) is 23.5 Å². The molecule has 1 heterocycles. The van der Waals surface area contributed by atoms with E-state index in [2.05, 4.69) is 44.1 Å². The Morgan fingerprint density at radius 3 is 2.65 bits per heavy atom. The van der Waals surface area contributed by atoms with E-state index in [9.17, 15) is 0 Å². The Morgan fingerprint density at radius 2 is 2.00 bits per heavy atom. The molecule has 0 saturated heterocycles. The molecule has 0 amide bonds. The molecular formula is C14H19N3. The van der Waals surface area contributed by atoms with Gasteiger partial charge in [-0.05, 0) is 31.9 Å². The van der Waals surface area contributed by atoms with Gasteiger partial charge in [-0.3, -0.25) is 4.68 Å². The van der Waals surface area contributed by atoms with Gasteiger partial charge < -0.3 is 5.73 Å². The molecule has 90 valence electrons. The maximum absolute atomic E-state index is 6.04. The van der Waals surface area contributed by atoms with Crippen molar-refractivity contribution in [2.75, 3.05) is 5.73 Å². The van der Waals surface area contributed by atoms with E-state index in [-0.39, 0.29) is 0 Å². The van der Waals surface area contributed by atoms with Gasteiger partial charge in [0.15, 0.2) is 0 Å². The van der Waals surface area contributed by atoms with Crippen molar-refractivity contribution in [2.45, 2.75) is 27.2 Å². The molecule has 0 aliphatic carbocycles. The maximum atomic E-state index is 6.04. The van der Waals surface area contributed by atoms with Crippen molar-refractivity contribution in [1.82, 2.24) is 9.78 Å². The summed E-state index contributed by atoms with van der Waals surface area (Å²) in [5.41, 5.74) is 11.9. The topological polar surface area (TPSA) is 43.8 Å². The highest BCUT2D eigenvalue weighted by Gasteiger charge is 2.15. The number of rotatable bonds is 2. The zero-order valence-electron chi connectivity index (χ0n) is 10.9. The molecule has 2 rings (SSSR count). The molecule has 1 aromatic carbocycles. The molecule has 0 fully saturated rings. The Hall–Kier alpha value is -1.77. The SMILES string of the molecule is CCc1c(-c2cc(C)ccc2C)nn(C)c1N. The van der Waals surface area contributed by atoms with Gasteiger partial charge in [-0.2, -0.15) is 5.10 Å². The summed E-state index contributed by atoms with van der Waals surface area (Å²) in [6.45, 7) is 6.32. The van der Waals surface area contributed by atoms with E-state index < -0.39 is 0 Å². The standard InChI is InChI=1S/C14H19N3/c1-5-11-13(16-17(4)14(11)15)12-8-9(2)6-7-10(12)3/h6-8H,5,15H2,1-4H3. The molecule has 0 aliphatic rings. The predicted molar refractivity (Wildman–Crippen MR) is 71.9 cm³/mol. The molecule has 0 atom stereocenters. The molecule has 0 unspecified atom stereocenters. The van der Waals surface area contributed by atoms with Gasteiger partial charge in [0, 0.05) is 18.2 Å². The third-order valence-corrected chi connectivity index (χ3v) is 3.20. The smallest absolute Gasteiger partial charge is 0.125 e. The monoisotopic (exact) mass is 229 g/mol. The minimum atomic E-state index is 0.767. The van der Waals surface area contributed by atoms with Crippen molar-refractivity contribution >= 4 is 5.82 Å². The summed E-state index contributed by atoms with van der Waals surface area (Å²) in [4.78, 5) is 0. The fraction of sp³-hybridized carbons (Fsp3) is 0.357. The Labute approximate surface area is 102 Å². The van der Waals surface area contributed by atoms with Crippen LogP contribution in [0.25, 0.3) is 11.3 Å². The van der Waals surface area contributed by atoms with Crippen molar-refractivity contribution in [3.8, 4) is 11.3 Å². The van der Waals surface area contributed by atoms with Crippen LogP contribution in [-0.4, -0.2) is 9.78 Å². The molecule has 0 bridgehead atoms. The summed E-state index contributed by atoms with van der Waals surface area (Å²) in [5.74, 6) is 0.767. The number of nitrogens with two attached hydrogens (primary N) is 1. The van der Waals surface area contributed by atoms with E-state index in [1.807, 2.05) is 7.05 Å². The van der Waals surface area contributed by atoms with Crippen LogP contribution in [0.3, 0.4) is 0 Å². The van der Waals surface area contributed by atoms with Crippen molar-refractivity contribution in [3.05, 3.63) is 34.9 Å². The maximum Gasteiger partial charge on any atom is 0.125 e. The van der Waals surface area contributed by atoms with Gasteiger partial charge >= 0.3 is 0 Å². The largest absolute Gasteiger partial charge is 0.384 e. The molecule has 3 heteroatoms. The molecule has 0 aliphatic heterocycles.